The lowest BCUT2D eigenvalue weighted by Crippen LogP contribution is -2.17. The Morgan fingerprint density at radius 1 is 1.46 bits per heavy atom. The number of rotatable bonds is 8. The SMILES string of the molecule is C=CC(C)(CCl)CCOCCCC. The van der Waals surface area contributed by atoms with Crippen LogP contribution in [-0.4, -0.2) is 19.1 Å². The van der Waals surface area contributed by atoms with Crippen molar-refractivity contribution in [2.75, 3.05) is 19.1 Å². The normalized spacial score (nSPS) is 15.3. The first kappa shape index (κ1) is 13.0. The van der Waals surface area contributed by atoms with Crippen molar-refractivity contribution in [1.29, 1.82) is 0 Å². The summed E-state index contributed by atoms with van der Waals surface area (Å²) in [7, 11) is 0. The van der Waals surface area contributed by atoms with E-state index in [1.54, 1.807) is 0 Å². The van der Waals surface area contributed by atoms with Gasteiger partial charge in [-0.2, -0.15) is 0 Å². The third-order valence-electron chi connectivity index (χ3n) is 2.26. The molecule has 0 rings (SSSR count). The summed E-state index contributed by atoms with van der Waals surface area (Å²) >= 11 is 5.82. The smallest absolute Gasteiger partial charge is 0.0474 e. The molecule has 0 fully saturated rings. The van der Waals surface area contributed by atoms with E-state index in [1.807, 2.05) is 6.08 Å². The third kappa shape index (κ3) is 6.11. The van der Waals surface area contributed by atoms with E-state index in [2.05, 4.69) is 20.4 Å². The molecule has 0 aromatic carbocycles. The standard InChI is InChI=1S/C11H21ClO/c1-4-6-8-13-9-7-11(3,5-2)10-12/h5H,2,4,6-10H2,1,3H3. The van der Waals surface area contributed by atoms with Gasteiger partial charge in [-0.15, -0.1) is 18.2 Å². The minimum atomic E-state index is 0.0355. The molecule has 0 saturated heterocycles. The van der Waals surface area contributed by atoms with Gasteiger partial charge in [-0.1, -0.05) is 26.3 Å². The van der Waals surface area contributed by atoms with Gasteiger partial charge in [0.05, 0.1) is 0 Å². The van der Waals surface area contributed by atoms with Crippen molar-refractivity contribution in [3.63, 3.8) is 0 Å². The van der Waals surface area contributed by atoms with Crippen molar-refractivity contribution in [2.24, 2.45) is 5.41 Å². The van der Waals surface area contributed by atoms with E-state index in [9.17, 15) is 0 Å². The maximum Gasteiger partial charge on any atom is 0.0474 e. The molecule has 0 heterocycles. The highest BCUT2D eigenvalue weighted by Gasteiger charge is 2.17. The lowest BCUT2D eigenvalue weighted by atomic mass is 9.90. The molecule has 13 heavy (non-hydrogen) atoms. The highest BCUT2D eigenvalue weighted by atomic mass is 35.5. The fraction of sp³-hybridized carbons (Fsp3) is 0.818. The van der Waals surface area contributed by atoms with Gasteiger partial charge >= 0.3 is 0 Å². The van der Waals surface area contributed by atoms with Crippen molar-refractivity contribution in [3.05, 3.63) is 12.7 Å². The van der Waals surface area contributed by atoms with Gasteiger partial charge in [-0.05, 0) is 12.8 Å². The second kappa shape index (κ2) is 7.40. The predicted molar refractivity (Wildman–Crippen MR) is 59.4 cm³/mol. The second-order valence-electron chi connectivity index (χ2n) is 3.71. The first-order valence-electron chi connectivity index (χ1n) is 4.96. The maximum atomic E-state index is 5.82. The Hall–Kier alpha value is -0.0100. The molecule has 0 aliphatic rings. The van der Waals surface area contributed by atoms with Crippen LogP contribution in [0.25, 0.3) is 0 Å². The van der Waals surface area contributed by atoms with Crippen LogP contribution in [0.3, 0.4) is 0 Å². The topological polar surface area (TPSA) is 9.23 Å². The number of hydrogen-bond acceptors (Lipinski definition) is 1. The molecule has 1 atom stereocenters. The molecular weight excluding hydrogens is 184 g/mol. The van der Waals surface area contributed by atoms with Crippen molar-refractivity contribution >= 4 is 11.6 Å². The molecule has 0 aliphatic carbocycles. The number of alkyl halides is 1. The van der Waals surface area contributed by atoms with Crippen LogP contribution in [0.4, 0.5) is 0 Å². The Labute approximate surface area is 87.1 Å². The summed E-state index contributed by atoms with van der Waals surface area (Å²) in [6.07, 6.45) is 5.22. The minimum Gasteiger partial charge on any atom is -0.381 e. The van der Waals surface area contributed by atoms with Crippen LogP contribution in [0.5, 0.6) is 0 Å². The average Bonchev–Trinajstić information content (AvgIpc) is 2.17. The fourth-order valence-corrected chi connectivity index (χ4v) is 1.12. The Kier molecular flexibility index (Phi) is 7.39. The molecule has 0 amide bonds. The van der Waals surface area contributed by atoms with Gasteiger partial charge in [-0.25, -0.2) is 0 Å². The van der Waals surface area contributed by atoms with Gasteiger partial charge in [0.2, 0.25) is 0 Å². The van der Waals surface area contributed by atoms with Crippen molar-refractivity contribution in [3.8, 4) is 0 Å². The molecule has 0 aliphatic heterocycles. The van der Waals surface area contributed by atoms with Crippen molar-refractivity contribution in [1.82, 2.24) is 0 Å². The Bertz CT molecular complexity index is 136. The summed E-state index contributed by atoms with van der Waals surface area (Å²) in [6.45, 7) is 9.70. The Balaban J connectivity index is 3.44. The number of hydrogen-bond donors (Lipinski definition) is 0. The number of allylic oxidation sites excluding steroid dienone is 1. The van der Waals surface area contributed by atoms with Crippen LogP contribution >= 0.6 is 11.6 Å². The molecule has 0 bridgehead atoms. The average molecular weight is 205 g/mol. The molecule has 1 unspecified atom stereocenters. The lowest BCUT2D eigenvalue weighted by molar-refractivity contribution is 0.112. The summed E-state index contributed by atoms with van der Waals surface area (Å²) in [5.74, 6) is 0.619. The number of ether oxygens (including phenoxy) is 1. The first-order valence-corrected chi connectivity index (χ1v) is 5.49. The van der Waals surface area contributed by atoms with E-state index >= 15 is 0 Å². The van der Waals surface area contributed by atoms with Gasteiger partial charge in [0.25, 0.3) is 0 Å². The lowest BCUT2D eigenvalue weighted by Gasteiger charge is -2.22. The predicted octanol–water partition coefficient (Wildman–Crippen LogP) is 3.62. The zero-order valence-electron chi connectivity index (χ0n) is 8.81. The number of halogens is 1. The molecule has 0 aromatic heterocycles. The number of unbranched alkanes of at least 4 members (excludes halogenated alkanes) is 1. The van der Waals surface area contributed by atoms with Crippen LogP contribution in [-0.2, 0) is 4.74 Å². The van der Waals surface area contributed by atoms with E-state index in [4.69, 9.17) is 16.3 Å². The molecule has 0 spiro atoms. The van der Waals surface area contributed by atoms with E-state index < -0.39 is 0 Å². The van der Waals surface area contributed by atoms with E-state index in [0.717, 1.165) is 26.1 Å². The minimum absolute atomic E-state index is 0.0355. The molecular formula is C11H21ClO. The van der Waals surface area contributed by atoms with Gasteiger partial charge in [-0.3, -0.25) is 0 Å². The van der Waals surface area contributed by atoms with Crippen LogP contribution < -0.4 is 0 Å². The van der Waals surface area contributed by atoms with Gasteiger partial charge in [0, 0.05) is 24.5 Å². The van der Waals surface area contributed by atoms with Crippen LogP contribution in [0.1, 0.15) is 33.1 Å². The van der Waals surface area contributed by atoms with Crippen LogP contribution in [0, 0.1) is 5.41 Å². The molecule has 2 heteroatoms. The largest absolute Gasteiger partial charge is 0.381 e. The summed E-state index contributed by atoms with van der Waals surface area (Å²) in [4.78, 5) is 0. The molecule has 1 nitrogen and oxygen atoms in total. The van der Waals surface area contributed by atoms with E-state index in [0.29, 0.717) is 5.88 Å². The maximum absolute atomic E-state index is 5.82. The summed E-state index contributed by atoms with van der Waals surface area (Å²) in [5.41, 5.74) is 0.0355. The van der Waals surface area contributed by atoms with Crippen molar-refractivity contribution in [2.45, 2.75) is 33.1 Å². The Morgan fingerprint density at radius 3 is 2.62 bits per heavy atom. The molecule has 0 N–H and O–H groups in total. The zero-order chi connectivity index (χ0) is 10.2. The molecule has 0 saturated carbocycles. The van der Waals surface area contributed by atoms with Gasteiger partial charge < -0.3 is 4.74 Å². The quantitative estimate of drug-likeness (QED) is 0.333. The monoisotopic (exact) mass is 204 g/mol. The zero-order valence-corrected chi connectivity index (χ0v) is 9.57. The molecule has 78 valence electrons. The summed E-state index contributed by atoms with van der Waals surface area (Å²) < 4.78 is 5.47. The first-order chi connectivity index (χ1) is 6.18. The molecule has 0 radical (unpaired) electrons. The van der Waals surface area contributed by atoms with E-state index in [1.165, 1.54) is 6.42 Å². The van der Waals surface area contributed by atoms with Gasteiger partial charge in [0.1, 0.15) is 0 Å². The highest BCUT2D eigenvalue weighted by molar-refractivity contribution is 6.18. The van der Waals surface area contributed by atoms with E-state index in [-0.39, 0.29) is 5.41 Å². The van der Waals surface area contributed by atoms with Crippen molar-refractivity contribution < 1.29 is 4.74 Å². The molecule has 0 aromatic rings. The Morgan fingerprint density at radius 2 is 2.15 bits per heavy atom. The van der Waals surface area contributed by atoms with Gasteiger partial charge in [0.15, 0.2) is 0 Å². The van der Waals surface area contributed by atoms with Crippen LogP contribution in [0.2, 0.25) is 0 Å². The second-order valence-corrected chi connectivity index (χ2v) is 3.97. The summed E-state index contributed by atoms with van der Waals surface area (Å²) in [5, 5.41) is 0. The summed E-state index contributed by atoms with van der Waals surface area (Å²) in [6, 6.07) is 0. The van der Waals surface area contributed by atoms with Crippen LogP contribution in [0.15, 0.2) is 12.7 Å². The highest BCUT2D eigenvalue weighted by Crippen LogP contribution is 2.24. The third-order valence-corrected chi connectivity index (χ3v) is 2.87. The fourth-order valence-electron chi connectivity index (χ4n) is 0.877.